The lowest BCUT2D eigenvalue weighted by atomic mass is 9.92. The molecule has 2 amide bonds. The first-order valence-electron chi connectivity index (χ1n) is 8.17. The number of carbonyl (C=O) groups excluding carboxylic acids is 2. The Kier molecular flexibility index (Phi) is 8.46. The van der Waals surface area contributed by atoms with Crippen molar-refractivity contribution >= 4 is 35.8 Å². The molecule has 7 nitrogen and oxygen atoms in total. The van der Waals surface area contributed by atoms with Crippen LogP contribution < -0.4 is 20.9 Å². The first kappa shape index (κ1) is 22.3. The zero-order valence-corrected chi connectivity index (χ0v) is 16.4. The van der Waals surface area contributed by atoms with Gasteiger partial charge in [0.15, 0.2) is 18.1 Å². The van der Waals surface area contributed by atoms with Crippen LogP contribution in [0, 0.1) is 5.92 Å². The predicted octanol–water partition coefficient (Wildman–Crippen LogP) is 1.83. The molecule has 1 aromatic carbocycles. The van der Waals surface area contributed by atoms with E-state index in [1.54, 1.807) is 11.0 Å². The number of halogens is 2. The van der Waals surface area contributed by atoms with Crippen molar-refractivity contribution in [2.75, 3.05) is 26.8 Å². The monoisotopic (exact) mass is 405 g/mol. The molecule has 146 valence electrons. The van der Waals surface area contributed by atoms with Crippen LogP contribution in [0.25, 0.3) is 0 Å². The van der Waals surface area contributed by atoms with E-state index in [0.29, 0.717) is 24.6 Å². The Balaban J connectivity index is 0.00000338. The Morgan fingerprint density at radius 2 is 2.08 bits per heavy atom. The molecule has 1 fully saturated rings. The summed E-state index contributed by atoms with van der Waals surface area (Å²) in [5, 5.41) is 0.179. The number of methoxy groups -OCH3 is 1. The molecule has 2 atom stereocenters. The van der Waals surface area contributed by atoms with E-state index in [0.717, 1.165) is 12.8 Å². The highest BCUT2D eigenvalue weighted by Crippen LogP contribution is 2.37. The van der Waals surface area contributed by atoms with Gasteiger partial charge in [0, 0.05) is 24.7 Å². The van der Waals surface area contributed by atoms with Crippen LogP contribution in [0.1, 0.15) is 30.1 Å². The number of rotatable bonds is 6. The van der Waals surface area contributed by atoms with Gasteiger partial charge in [0.05, 0.1) is 12.1 Å². The van der Waals surface area contributed by atoms with E-state index in [4.69, 9.17) is 32.5 Å². The first-order valence-corrected chi connectivity index (χ1v) is 8.54. The lowest BCUT2D eigenvalue weighted by molar-refractivity contribution is -0.119. The van der Waals surface area contributed by atoms with Gasteiger partial charge in [0.25, 0.3) is 11.8 Å². The number of hydrogen-bond donors (Lipinski definition) is 2. The molecule has 1 aromatic rings. The van der Waals surface area contributed by atoms with Gasteiger partial charge < -0.3 is 25.8 Å². The summed E-state index contributed by atoms with van der Waals surface area (Å²) in [4.78, 5) is 25.6. The fraction of sp³-hybridized carbons (Fsp3) is 0.529. The highest BCUT2D eigenvalue weighted by Gasteiger charge is 2.30. The van der Waals surface area contributed by atoms with Crippen molar-refractivity contribution < 1.29 is 19.1 Å². The maximum Gasteiger partial charge on any atom is 0.255 e. The van der Waals surface area contributed by atoms with Gasteiger partial charge in [0.1, 0.15) is 0 Å². The zero-order valence-electron chi connectivity index (χ0n) is 14.9. The second kappa shape index (κ2) is 9.85. The molecular formula is C17H25Cl2N3O4. The van der Waals surface area contributed by atoms with Crippen molar-refractivity contribution in [3.8, 4) is 11.5 Å². The summed E-state index contributed by atoms with van der Waals surface area (Å²) in [6.07, 6.45) is 1.82. The molecule has 0 radical (unpaired) electrons. The van der Waals surface area contributed by atoms with Crippen molar-refractivity contribution in [2.45, 2.75) is 25.8 Å². The Hall–Kier alpha value is -1.70. The van der Waals surface area contributed by atoms with Crippen LogP contribution in [0.4, 0.5) is 0 Å². The second-order valence-electron chi connectivity index (χ2n) is 6.26. The number of hydrogen-bond acceptors (Lipinski definition) is 5. The average Bonchev–Trinajstić information content (AvgIpc) is 2.59. The third-order valence-electron chi connectivity index (χ3n) is 4.35. The highest BCUT2D eigenvalue weighted by molar-refractivity contribution is 6.32. The van der Waals surface area contributed by atoms with Crippen LogP contribution in [-0.4, -0.2) is 49.6 Å². The van der Waals surface area contributed by atoms with Gasteiger partial charge in [-0.1, -0.05) is 18.5 Å². The summed E-state index contributed by atoms with van der Waals surface area (Å²) in [5.41, 5.74) is 11.3. The fourth-order valence-corrected chi connectivity index (χ4v) is 3.30. The summed E-state index contributed by atoms with van der Waals surface area (Å²) < 4.78 is 10.5. The number of nitrogens with two attached hydrogens (primary N) is 2. The Morgan fingerprint density at radius 1 is 1.38 bits per heavy atom. The SMILES string of the molecule is COc1cc(C(=O)N2CCC(C)CC2CN)cc(Cl)c1OCC(N)=O.Cl. The molecule has 1 aliphatic heterocycles. The van der Waals surface area contributed by atoms with Crippen LogP contribution in [0.5, 0.6) is 11.5 Å². The summed E-state index contributed by atoms with van der Waals surface area (Å²) in [6.45, 7) is 2.90. The van der Waals surface area contributed by atoms with Crippen molar-refractivity contribution in [1.82, 2.24) is 4.90 Å². The van der Waals surface area contributed by atoms with Crippen LogP contribution in [0.2, 0.25) is 5.02 Å². The van der Waals surface area contributed by atoms with E-state index in [-0.39, 0.29) is 47.5 Å². The van der Waals surface area contributed by atoms with Gasteiger partial charge in [-0.3, -0.25) is 9.59 Å². The van der Waals surface area contributed by atoms with E-state index in [9.17, 15) is 9.59 Å². The quantitative estimate of drug-likeness (QED) is 0.750. The fourth-order valence-electron chi connectivity index (χ4n) is 3.03. The summed E-state index contributed by atoms with van der Waals surface area (Å²) in [7, 11) is 1.43. The van der Waals surface area contributed by atoms with Gasteiger partial charge in [-0.2, -0.15) is 0 Å². The molecule has 1 saturated heterocycles. The lowest BCUT2D eigenvalue weighted by Crippen LogP contribution is -2.49. The van der Waals surface area contributed by atoms with Gasteiger partial charge in [0.2, 0.25) is 0 Å². The van der Waals surface area contributed by atoms with E-state index in [1.807, 2.05) is 0 Å². The Morgan fingerprint density at radius 3 is 2.65 bits per heavy atom. The van der Waals surface area contributed by atoms with E-state index < -0.39 is 5.91 Å². The van der Waals surface area contributed by atoms with Crippen molar-refractivity contribution in [2.24, 2.45) is 17.4 Å². The molecule has 26 heavy (non-hydrogen) atoms. The predicted molar refractivity (Wildman–Crippen MR) is 102 cm³/mol. The molecule has 0 bridgehead atoms. The van der Waals surface area contributed by atoms with E-state index >= 15 is 0 Å². The van der Waals surface area contributed by atoms with E-state index in [1.165, 1.54) is 13.2 Å². The number of amides is 2. The molecule has 1 aliphatic rings. The normalized spacial score (nSPS) is 19.5. The molecule has 2 rings (SSSR count). The maximum absolute atomic E-state index is 12.9. The minimum atomic E-state index is -0.633. The average molecular weight is 406 g/mol. The van der Waals surface area contributed by atoms with Gasteiger partial charge in [-0.15, -0.1) is 12.4 Å². The number of nitrogens with zero attached hydrogens (tertiary/aromatic N) is 1. The molecule has 0 aliphatic carbocycles. The molecule has 9 heteroatoms. The summed E-state index contributed by atoms with van der Waals surface area (Å²) in [6, 6.07) is 3.07. The third kappa shape index (κ3) is 5.16. The Labute approximate surface area is 164 Å². The molecule has 0 aromatic heterocycles. The highest BCUT2D eigenvalue weighted by atomic mass is 35.5. The summed E-state index contributed by atoms with van der Waals surface area (Å²) in [5.74, 6) is 0.213. The van der Waals surface area contributed by atoms with Crippen molar-refractivity contribution in [3.63, 3.8) is 0 Å². The number of ether oxygens (including phenoxy) is 2. The van der Waals surface area contributed by atoms with E-state index in [2.05, 4.69) is 6.92 Å². The number of piperidine rings is 1. The first-order chi connectivity index (χ1) is 11.9. The van der Waals surface area contributed by atoms with Gasteiger partial charge in [-0.05, 0) is 30.9 Å². The van der Waals surface area contributed by atoms with Crippen LogP contribution in [0.15, 0.2) is 12.1 Å². The van der Waals surface area contributed by atoms with Crippen LogP contribution in [-0.2, 0) is 4.79 Å². The molecule has 0 spiro atoms. The second-order valence-corrected chi connectivity index (χ2v) is 6.67. The topological polar surface area (TPSA) is 108 Å². The van der Waals surface area contributed by atoms with Crippen LogP contribution >= 0.6 is 24.0 Å². The Bertz CT molecular complexity index is 657. The third-order valence-corrected chi connectivity index (χ3v) is 4.63. The zero-order chi connectivity index (χ0) is 18.6. The van der Waals surface area contributed by atoms with Crippen molar-refractivity contribution in [1.29, 1.82) is 0 Å². The number of benzene rings is 1. The van der Waals surface area contributed by atoms with Gasteiger partial charge >= 0.3 is 0 Å². The minimum absolute atomic E-state index is 0. The smallest absolute Gasteiger partial charge is 0.255 e. The largest absolute Gasteiger partial charge is 0.493 e. The maximum atomic E-state index is 12.9. The number of likely N-dealkylation sites (tertiary alicyclic amines) is 1. The molecule has 2 unspecified atom stereocenters. The van der Waals surface area contributed by atoms with Crippen LogP contribution in [0.3, 0.4) is 0 Å². The molecular weight excluding hydrogens is 381 g/mol. The molecule has 0 saturated carbocycles. The summed E-state index contributed by atoms with van der Waals surface area (Å²) >= 11 is 6.22. The molecule has 1 heterocycles. The van der Waals surface area contributed by atoms with Gasteiger partial charge in [-0.25, -0.2) is 0 Å². The number of primary amides is 1. The minimum Gasteiger partial charge on any atom is -0.493 e. The lowest BCUT2D eigenvalue weighted by Gasteiger charge is -2.38. The van der Waals surface area contributed by atoms with Crippen molar-refractivity contribution in [3.05, 3.63) is 22.7 Å². The number of carbonyl (C=O) groups is 2. The molecule has 4 N–H and O–H groups in total. The standard InChI is InChI=1S/C17H24ClN3O4.ClH/c1-10-3-4-21(12(5-10)8-19)17(23)11-6-13(18)16(14(7-11)24-2)25-9-15(20)22;/h6-7,10,12H,3-5,8-9,19H2,1-2H3,(H2,20,22);1H.